The van der Waals surface area contributed by atoms with Crippen molar-refractivity contribution in [1.29, 1.82) is 0 Å². The monoisotopic (exact) mass is 208 g/mol. The molecule has 3 rings (SSSR count). The summed E-state index contributed by atoms with van der Waals surface area (Å²) in [5.74, 6) is 1.14. The van der Waals surface area contributed by atoms with Crippen LogP contribution in [0.25, 0.3) is 0 Å². The van der Waals surface area contributed by atoms with Crippen LogP contribution in [0.15, 0.2) is 0 Å². The molecule has 82 valence electrons. The fourth-order valence-electron chi connectivity index (χ4n) is 4.44. The Morgan fingerprint density at radius 3 is 3.00 bits per heavy atom. The van der Waals surface area contributed by atoms with Crippen LogP contribution in [0.3, 0.4) is 0 Å². The molecular weight excluding hydrogens is 192 g/mol. The van der Waals surface area contributed by atoms with Crippen LogP contribution in [0.2, 0.25) is 0 Å². The van der Waals surface area contributed by atoms with Gasteiger partial charge in [0, 0.05) is 12.3 Å². The molecule has 0 aliphatic heterocycles. The quantitative estimate of drug-likeness (QED) is 0.614. The number of Topliss-reactive ketones (excluding diaryl/α,β-unsaturated/α-hetero) is 1. The molecule has 3 aliphatic rings. The molecule has 0 aromatic heterocycles. The first-order valence-corrected chi connectivity index (χ1v) is 5.83. The number of hydrogen-bond acceptors (Lipinski definition) is 3. The summed E-state index contributed by atoms with van der Waals surface area (Å²) in [6.07, 6.45) is 4.76. The summed E-state index contributed by atoms with van der Waals surface area (Å²) in [7, 11) is 1.44. The number of carbonyl (C=O) groups is 2. The van der Waals surface area contributed by atoms with Crippen molar-refractivity contribution in [3.63, 3.8) is 0 Å². The molecule has 0 aromatic rings. The van der Waals surface area contributed by atoms with Gasteiger partial charge in [0.15, 0.2) is 0 Å². The van der Waals surface area contributed by atoms with E-state index >= 15 is 0 Å². The molecule has 0 spiro atoms. The van der Waals surface area contributed by atoms with Crippen molar-refractivity contribution >= 4 is 11.8 Å². The highest BCUT2D eigenvalue weighted by atomic mass is 16.5. The minimum atomic E-state index is -0.396. The van der Waals surface area contributed by atoms with Crippen molar-refractivity contribution in [2.24, 2.45) is 23.2 Å². The first-order chi connectivity index (χ1) is 7.21. The van der Waals surface area contributed by atoms with Crippen molar-refractivity contribution in [3.8, 4) is 0 Å². The van der Waals surface area contributed by atoms with E-state index in [4.69, 9.17) is 4.74 Å². The molecule has 0 aromatic carbocycles. The lowest BCUT2D eigenvalue weighted by Gasteiger charge is -2.52. The van der Waals surface area contributed by atoms with Gasteiger partial charge in [-0.2, -0.15) is 0 Å². The van der Waals surface area contributed by atoms with E-state index in [1.807, 2.05) is 0 Å². The van der Waals surface area contributed by atoms with Gasteiger partial charge in [0.25, 0.3) is 0 Å². The summed E-state index contributed by atoms with van der Waals surface area (Å²) >= 11 is 0. The smallest absolute Gasteiger partial charge is 0.312 e. The predicted molar refractivity (Wildman–Crippen MR) is 53.0 cm³/mol. The maximum Gasteiger partial charge on any atom is 0.312 e. The minimum Gasteiger partial charge on any atom is -0.469 e. The average Bonchev–Trinajstić information content (AvgIpc) is 2.73. The second-order valence-corrected chi connectivity index (χ2v) is 5.18. The number of fused-ring (bicyclic) bond motifs is 4. The van der Waals surface area contributed by atoms with Crippen LogP contribution in [0.4, 0.5) is 0 Å². The predicted octanol–water partition coefficient (Wildman–Crippen LogP) is 1.55. The Labute approximate surface area is 89.2 Å². The van der Waals surface area contributed by atoms with Crippen LogP contribution < -0.4 is 0 Å². The fourth-order valence-corrected chi connectivity index (χ4v) is 4.44. The van der Waals surface area contributed by atoms with Gasteiger partial charge in [0.05, 0.1) is 12.5 Å². The highest BCUT2D eigenvalue weighted by molar-refractivity contribution is 5.95. The van der Waals surface area contributed by atoms with Gasteiger partial charge in [0.2, 0.25) is 0 Å². The molecular formula is C12H16O3. The molecule has 3 fully saturated rings. The zero-order valence-corrected chi connectivity index (χ0v) is 8.99. The summed E-state index contributed by atoms with van der Waals surface area (Å²) in [5, 5.41) is 0. The number of rotatable bonds is 1. The van der Waals surface area contributed by atoms with Crippen LogP contribution in [-0.2, 0) is 14.3 Å². The third kappa shape index (κ3) is 0.876. The van der Waals surface area contributed by atoms with Gasteiger partial charge in [-0.1, -0.05) is 6.42 Å². The summed E-state index contributed by atoms with van der Waals surface area (Å²) in [4.78, 5) is 23.7. The maximum absolute atomic E-state index is 11.9. The molecule has 0 bridgehead atoms. The zero-order valence-electron chi connectivity index (χ0n) is 8.99. The van der Waals surface area contributed by atoms with Gasteiger partial charge in [-0.05, 0) is 31.1 Å². The number of ketones is 1. The number of hydrogen-bond donors (Lipinski definition) is 0. The molecule has 0 unspecified atom stereocenters. The van der Waals surface area contributed by atoms with E-state index in [9.17, 15) is 9.59 Å². The van der Waals surface area contributed by atoms with Gasteiger partial charge in [-0.15, -0.1) is 0 Å². The van der Waals surface area contributed by atoms with E-state index in [0.29, 0.717) is 24.0 Å². The van der Waals surface area contributed by atoms with Crippen LogP contribution in [0.5, 0.6) is 0 Å². The van der Waals surface area contributed by atoms with E-state index in [0.717, 1.165) is 19.3 Å². The molecule has 0 saturated heterocycles. The lowest BCUT2D eigenvalue weighted by Crippen LogP contribution is -2.58. The van der Waals surface area contributed by atoms with Gasteiger partial charge < -0.3 is 4.74 Å². The molecule has 3 aliphatic carbocycles. The number of ether oxygens (including phenoxy) is 1. The van der Waals surface area contributed by atoms with Crippen LogP contribution in [-0.4, -0.2) is 18.9 Å². The van der Waals surface area contributed by atoms with Crippen molar-refractivity contribution < 1.29 is 14.3 Å². The van der Waals surface area contributed by atoms with Gasteiger partial charge in [0.1, 0.15) is 5.78 Å². The number of carbonyl (C=O) groups excluding carboxylic acids is 2. The number of esters is 1. The normalized spacial score (nSPS) is 47.0. The summed E-state index contributed by atoms with van der Waals surface area (Å²) in [6, 6.07) is 0. The molecule has 0 heterocycles. The Morgan fingerprint density at radius 2 is 2.27 bits per heavy atom. The van der Waals surface area contributed by atoms with E-state index < -0.39 is 5.41 Å². The van der Waals surface area contributed by atoms with E-state index in [1.54, 1.807) is 0 Å². The van der Waals surface area contributed by atoms with Gasteiger partial charge >= 0.3 is 5.97 Å². The maximum atomic E-state index is 11.9. The van der Waals surface area contributed by atoms with Crippen molar-refractivity contribution in [3.05, 3.63) is 0 Å². The molecule has 4 atom stereocenters. The summed E-state index contributed by atoms with van der Waals surface area (Å²) in [6.45, 7) is 0. The van der Waals surface area contributed by atoms with E-state index in [1.165, 1.54) is 13.5 Å². The van der Waals surface area contributed by atoms with Crippen molar-refractivity contribution in [1.82, 2.24) is 0 Å². The van der Waals surface area contributed by atoms with Gasteiger partial charge in [-0.25, -0.2) is 0 Å². The first kappa shape index (κ1) is 9.37. The fraction of sp³-hybridized carbons (Fsp3) is 0.833. The second kappa shape index (κ2) is 2.83. The Balaban J connectivity index is 1.99. The largest absolute Gasteiger partial charge is 0.469 e. The lowest BCUT2D eigenvalue weighted by atomic mass is 9.49. The molecule has 3 heteroatoms. The number of methoxy groups -OCH3 is 1. The third-order valence-corrected chi connectivity index (χ3v) is 4.91. The molecule has 3 nitrogen and oxygen atoms in total. The molecule has 3 saturated carbocycles. The van der Waals surface area contributed by atoms with Crippen LogP contribution in [0, 0.1) is 23.2 Å². The second-order valence-electron chi connectivity index (χ2n) is 5.18. The van der Waals surface area contributed by atoms with Crippen LogP contribution >= 0.6 is 0 Å². The van der Waals surface area contributed by atoms with Crippen molar-refractivity contribution in [2.75, 3.05) is 7.11 Å². The summed E-state index contributed by atoms with van der Waals surface area (Å²) < 4.78 is 4.92. The van der Waals surface area contributed by atoms with Crippen LogP contribution in [0.1, 0.15) is 32.1 Å². The Kier molecular flexibility index (Phi) is 1.77. The zero-order chi connectivity index (χ0) is 10.6. The Morgan fingerprint density at radius 1 is 1.47 bits per heavy atom. The first-order valence-electron chi connectivity index (χ1n) is 5.83. The minimum absolute atomic E-state index is 0.0115. The van der Waals surface area contributed by atoms with E-state index in [-0.39, 0.29) is 11.9 Å². The van der Waals surface area contributed by atoms with E-state index in [2.05, 4.69) is 0 Å². The summed E-state index contributed by atoms with van der Waals surface area (Å²) in [5.41, 5.74) is -0.396. The molecule has 0 N–H and O–H groups in total. The lowest BCUT2D eigenvalue weighted by molar-refractivity contribution is -0.181. The topological polar surface area (TPSA) is 43.4 Å². The Hall–Kier alpha value is -0.860. The molecule has 15 heavy (non-hydrogen) atoms. The molecule has 0 amide bonds. The van der Waals surface area contributed by atoms with Gasteiger partial charge in [-0.3, -0.25) is 9.59 Å². The average molecular weight is 208 g/mol. The van der Waals surface area contributed by atoms with Crippen molar-refractivity contribution in [2.45, 2.75) is 32.1 Å². The highest BCUT2D eigenvalue weighted by Gasteiger charge is 2.71. The highest BCUT2D eigenvalue weighted by Crippen LogP contribution is 2.68. The molecule has 0 radical (unpaired) electrons. The Bertz CT molecular complexity index is 336. The standard InChI is InChI=1S/C12H16O3/c1-15-11(14)12-6-5-9(13)10(12)7-3-2-4-8(7)12/h7-8,10H,2-6H2,1H3/t7-,8+,10-,12+/m0/s1. The SMILES string of the molecule is COC(=O)[C@@]12CCC(=O)[C@@H]1[C@H]1CCC[C@H]12. The third-order valence-electron chi connectivity index (χ3n) is 4.91.